The van der Waals surface area contributed by atoms with Crippen LogP contribution in [0.15, 0.2) is 0 Å². The van der Waals surface area contributed by atoms with Crippen LogP contribution in [0.25, 0.3) is 0 Å². The van der Waals surface area contributed by atoms with Crippen molar-refractivity contribution in [2.24, 2.45) is 11.7 Å². The lowest BCUT2D eigenvalue weighted by Crippen LogP contribution is -2.39. The highest BCUT2D eigenvalue weighted by atomic mass is 16.1. The number of hydrogen-bond acceptors (Lipinski definition) is 3. The van der Waals surface area contributed by atoms with E-state index in [1.807, 2.05) is 13.8 Å². The van der Waals surface area contributed by atoms with E-state index in [9.17, 15) is 4.79 Å². The minimum absolute atomic E-state index is 0.0735. The van der Waals surface area contributed by atoms with Crippen LogP contribution in [0.3, 0.4) is 0 Å². The third-order valence-corrected chi connectivity index (χ3v) is 3.85. The van der Waals surface area contributed by atoms with E-state index >= 15 is 0 Å². The van der Waals surface area contributed by atoms with Crippen LogP contribution in [-0.4, -0.2) is 43.0 Å². The molecule has 4 heteroatoms. The van der Waals surface area contributed by atoms with E-state index in [1.54, 1.807) is 0 Å². The van der Waals surface area contributed by atoms with E-state index < -0.39 is 0 Å². The molecule has 0 radical (unpaired) electrons. The molecule has 18 heavy (non-hydrogen) atoms. The summed E-state index contributed by atoms with van der Waals surface area (Å²) in [6.07, 6.45) is 6.44. The minimum Gasteiger partial charge on any atom is -0.356 e. The summed E-state index contributed by atoms with van der Waals surface area (Å²) in [5.41, 5.74) is 5.71. The lowest BCUT2D eigenvalue weighted by atomic mass is 10.0. The first kappa shape index (κ1) is 15.4. The smallest absolute Gasteiger partial charge is 0.224 e. The zero-order valence-electron chi connectivity index (χ0n) is 12.0. The summed E-state index contributed by atoms with van der Waals surface area (Å²) in [5.74, 6) is -0.0101. The molecule has 1 aliphatic heterocycles. The van der Waals surface area contributed by atoms with Gasteiger partial charge in [0, 0.05) is 18.5 Å². The van der Waals surface area contributed by atoms with Crippen molar-refractivity contribution in [3.05, 3.63) is 0 Å². The average molecular weight is 255 g/mol. The first-order chi connectivity index (χ1) is 8.61. The van der Waals surface area contributed by atoms with Crippen molar-refractivity contribution in [1.29, 1.82) is 0 Å². The summed E-state index contributed by atoms with van der Waals surface area (Å²) in [6, 6.07) is -0.0735. The molecule has 4 nitrogen and oxygen atoms in total. The minimum atomic E-state index is -0.0943. The van der Waals surface area contributed by atoms with Crippen molar-refractivity contribution < 1.29 is 4.79 Å². The quantitative estimate of drug-likeness (QED) is 0.704. The zero-order valence-corrected chi connectivity index (χ0v) is 12.0. The molecule has 106 valence electrons. The Balaban J connectivity index is 2.08. The Labute approximate surface area is 111 Å². The summed E-state index contributed by atoms with van der Waals surface area (Å²) in [5, 5.41) is 2.97. The van der Waals surface area contributed by atoms with Crippen LogP contribution in [-0.2, 0) is 4.79 Å². The second kappa shape index (κ2) is 8.48. The highest BCUT2D eigenvalue weighted by Gasteiger charge is 2.16. The SMILES string of the molecule is CC(N)C(C)C(=O)NCCCN1CCCCCC1. The van der Waals surface area contributed by atoms with Gasteiger partial charge in [0.05, 0.1) is 0 Å². The van der Waals surface area contributed by atoms with Crippen molar-refractivity contribution in [3.63, 3.8) is 0 Å². The van der Waals surface area contributed by atoms with Gasteiger partial charge >= 0.3 is 0 Å². The molecule has 0 saturated carbocycles. The molecule has 0 spiro atoms. The fraction of sp³-hybridized carbons (Fsp3) is 0.929. The molecule has 3 N–H and O–H groups in total. The molecule has 0 bridgehead atoms. The maximum atomic E-state index is 11.7. The lowest BCUT2D eigenvalue weighted by Gasteiger charge is -2.20. The molecule has 2 unspecified atom stereocenters. The number of carbonyl (C=O) groups excluding carboxylic acids is 1. The normalized spacial score (nSPS) is 21.1. The van der Waals surface area contributed by atoms with Gasteiger partial charge in [0.15, 0.2) is 0 Å². The molecular weight excluding hydrogens is 226 g/mol. The van der Waals surface area contributed by atoms with Crippen molar-refractivity contribution in [2.75, 3.05) is 26.2 Å². The highest BCUT2D eigenvalue weighted by molar-refractivity contribution is 5.78. The van der Waals surface area contributed by atoms with Gasteiger partial charge in [-0.2, -0.15) is 0 Å². The Morgan fingerprint density at radius 2 is 1.83 bits per heavy atom. The number of nitrogens with two attached hydrogens (primary N) is 1. The van der Waals surface area contributed by atoms with Crippen LogP contribution in [0.4, 0.5) is 0 Å². The average Bonchev–Trinajstić information content (AvgIpc) is 2.61. The van der Waals surface area contributed by atoms with E-state index in [4.69, 9.17) is 5.73 Å². The fourth-order valence-electron chi connectivity index (χ4n) is 2.27. The summed E-state index contributed by atoms with van der Waals surface area (Å²) in [7, 11) is 0. The molecule has 1 rings (SSSR count). The van der Waals surface area contributed by atoms with Gasteiger partial charge in [0.1, 0.15) is 0 Å². The number of hydrogen-bond donors (Lipinski definition) is 2. The molecule has 1 saturated heterocycles. The first-order valence-corrected chi connectivity index (χ1v) is 7.37. The van der Waals surface area contributed by atoms with Crippen molar-refractivity contribution in [2.45, 2.75) is 52.0 Å². The van der Waals surface area contributed by atoms with Crippen LogP contribution >= 0.6 is 0 Å². The van der Waals surface area contributed by atoms with Crippen LogP contribution < -0.4 is 11.1 Å². The second-order valence-electron chi connectivity index (χ2n) is 5.55. The van der Waals surface area contributed by atoms with Crippen LogP contribution in [0.2, 0.25) is 0 Å². The molecule has 1 aliphatic rings. The van der Waals surface area contributed by atoms with Gasteiger partial charge in [-0.05, 0) is 45.8 Å². The number of likely N-dealkylation sites (tertiary alicyclic amines) is 1. The number of nitrogens with one attached hydrogen (secondary N) is 1. The first-order valence-electron chi connectivity index (χ1n) is 7.37. The molecular formula is C14H29N3O. The van der Waals surface area contributed by atoms with E-state index in [0.717, 1.165) is 19.5 Å². The number of carbonyl (C=O) groups is 1. The maximum absolute atomic E-state index is 11.7. The number of amides is 1. The van der Waals surface area contributed by atoms with E-state index in [-0.39, 0.29) is 17.9 Å². The van der Waals surface area contributed by atoms with E-state index in [1.165, 1.54) is 38.8 Å². The monoisotopic (exact) mass is 255 g/mol. The Bertz CT molecular complexity index is 235. The molecule has 0 aromatic heterocycles. The summed E-state index contributed by atoms with van der Waals surface area (Å²) in [6.45, 7) is 8.09. The Morgan fingerprint density at radius 1 is 1.22 bits per heavy atom. The van der Waals surface area contributed by atoms with Gasteiger partial charge in [0.2, 0.25) is 5.91 Å². The standard InChI is InChI=1S/C14H29N3O/c1-12(13(2)15)14(18)16-8-7-11-17-9-5-3-4-6-10-17/h12-13H,3-11,15H2,1-2H3,(H,16,18). The molecule has 0 aromatic rings. The van der Waals surface area contributed by atoms with Gasteiger partial charge < -0.3 is 16.0 Å². The van der Waals surface area contributed by atoms with Crippen LogP contribution in [0.1, 0.15) is 46.0 Å². The van der Waals surface area contributed by atoms with Gasteiger partial charge in [-0.1, -0.05) is 19.8 Å². The molecule has 0 aliphatic carbocycles. The molecule has 2 atom stereocenters. The number of rotatable bonds is 6. The molecule has 1 heterocycles. The lowest BCUT2D eigenvalue weighted by molar-refractivity contribution is -0.124. The maximum Gasteiger partial charge on any atom is 0.224 e. The Hall–Kier alpha value is -0.610. The largest absolute Gasteiger partial charge is 0.356 e. The Morgan fingerprint density at radius 3 is 2.39 bits per heavy atom. The van der Waals surface area contributed by atoms with E-state index in [0.29, 0.717) is 0 Å². The van der Waals surface area contributed by atoms with Crippen molar-refractivity contribution >= 4 is 5.91 Å². The van der Waals surface area contributed by atoms with Gasteiger partial charge in [-0.15, -0.1) is 0 Å². The second-order valence-corrected chi connectivity index (χ2v) is 5.55. The summed E-state index contributed by atoms with van der Waals surface area (Å²) < 4.78 is 0. The topological polar surface area (TPSA) is 58.4 Å². The van der Waals surface area contributed by atoms with Gasteiger partial charge in [0.25, 0.3) is 0 Å². The third-order valence-electron chi connectivity index (χ3n) is 3.85. The fourth-order valence-corrected chi connectivity index (χ4v) is 2.27. The van der Waals surface area contributed by atoms with Crippen molar-refractivity contribution in [1.82, 2.24) is 10.2 Å². The van der Waals surface area contributed by atoms with Crippen molar-refractivity contribution in [3.8, 4) is 0 Å². The predicted molar refractivity (Wildman–Crippen MR) is 75.3 cm³/mol. The zero-order chi connectivity index (χ0) is 13.4. The number of nitrogens with zero attached hydrogens (tertiary/aromatic N) is 1. The Kier molecular flexibility index (Phi) is 7.28. The van der Waals surface area contributed by atoms with Crippen LogP contribution in [0.5, 0.6) is 0 Å². The van der Waals surface area contributed by atoms with Crippen LogP contribution in [0, 0.1) is 5.92 Å². The van der Waals surface area contributed by atoms with Gasteiger partial charge in [-0.3, -0.25) is 4.79 Å². The molecule has 0 aromatic carbocycles. The van der Waals surface area contributed by atoms with E-state index in [2.05, 4.69) is 10.2 Å². The summed E-state index contributed by atoms with van der Waals surface area (Å²) >= 11 is 0. The highest BCUT2D eigenvalue weighted by Crippen LogP contribution is 2.09. The van der Waals surface area contributed by atoms with Gasteiger partial charge in [-0.25, -0.2) is 0 Å². The molecule has 1 amide bonds. The third kappa shape index (κ3) is 5.83. The predicted octanol–water partition coefficient (Wildman–Crippen LogP) is 1.35. The molecule has 1 fully saturated rings. The summed E-state index contributed by atoms with van der Waals surface area (Å²) in [4.78, 5) is 14.2.